The molecule has 0 fully saturated rings. The Morgan fingerprint density at radius 2 is 1.32 bits per heavy atom. The fourth-order valence-electron chi connectivity index (χ4n) is 6.86. The SMILES string of the molecule is Cc1cc(Oc2[c-]c3c(cc2)c2ccccc2n3-c2cc(C)ccn2)[c-]c(-n2cc(-c3c(OCc4ccccc4)cccc3OCc3ccccc3)cn2)c1.[Pt+2]. The van der Waals surface area contributed by atoms with Gasteiger partial charge in [0, 0.05) is 35.0 Å². The fourth-order valence-corrected chi connectivity index (χ4v) is 6.86. The number of aromatic nitrogens is 4. The standard InChI is InChI=1S/C48H36N4O3.Pt/c1-33-22-23-49-47(26-33)52-43-17-10-9-16-41(43)42-21-20-39(28-44(42)52)55-40-25-34(2)24-38(27-40)51-30-37(29-50-51)48-45(53-31-35-12-5-3-6-13-35)18-11-19-46(48)54-32-36-14-7-4-8-15-36;/h3-26,29-30H,31-32H2,1-2H3;/q-2;+2. The van der Waals surface area contributed by atoms with Gasteiger partial charge >= 0.3 is 21.1 Å². The average Bonchev–Trinajstić information content (AvgIpc) is 3.83. The average molecular weight is 912 g/mol. The Balaban J connectivity index is 0.00000441. The molecule has 0 aliphatic heterocycles. The van der Waals surface area contributed by atoms with Gasteiger partial charge in [0.1, 0.15) is 30.5 Å². The Kier molecular flexibility index (Phi) is 10.5. The molecule has 56 heavy (non-hydrogen) atoms. The van der Waals surface area contributed by atoms with Crippen LogP contribution in [0.1, 0.15) is 22.3 Å². The zero-order valence-electron chi connectivity index (χ0n) is 30.8. The largest absolute Gasteiger partial charge is 2.00 e. The zero-order chi connectivity index (χ0) is 37.1. The minimum absolute atomic E-state index is 0. The van der Waals surface area contributed by atoms with Crippen LogP contribution in [0.2, 0.25) is 0 Å². The molecule has 0 saturated heterocycles. The molecule has 0 unspecified atom stereocenters. The maximum absolute atomic E-state index is 6.49. The van der Waals surface area contributed by atoms with Gasteiger partial charge in [-0.15, -0.1) is 35.7 Å². The molecule has 0 N–H and O–H groups in total. The Labute approximate surface area is 340 Å². The molecule has 0 amide bonds. The molecular weight excluding hydrogens is 876 g/mol. The summed E-state index contributed by atoms with van der Waals surface area (Å²) in [6.45, 7) is 4.94. The van der Waals surface area contributed by atoms with Gasteiger partial charge in [-0.3, -0.25) is 4.68 Å². The first-order valence-corrected chi connectivity index (χ1v) is 18.2. The number of fused-ring (bicyclic) bond motifs is 3. The summed E-state index contributed by atoms with van der Waals surface area (Å²) in [4.78, 5) is 4.71. The molecule has 0 radical (unpaired) electrons. The number of hydrogen-bond acceptors (Lipinski definition) is 5. The summed E-state index contributed by atoms with van der Waals surface area (Å²) < 4.78 is 23.3. The topological polar surface area (TPSA) is 63.3 Å². The van der Waals surface area contributed by atoms with Gasteiger partial charge < -0.3 is 18.8 Å². The monoisotopic (exact) mass is 911 g/mol. The van der Waals surface area contributed by atoms with Crippen molar-refractivity contribution in [3.8, 4) is 45.6 Å². The second kappa shape index (κ2) is 16.1. The van der Waals surface area contributed by atoms with E-state index in [1.165, 1.54) is 0 Å². The number of hydrogen-bond donors (Lipinski definition) is 0. The number of benzene rings is 6. The maximum Gasteiger partial charge on any atom is 2.00 e. The number of rotatable bonds is 11. The molecule has 0 aliphatic carbocycles. The zero-order valence-corrected chi connectivity index (χ0v) is 33.0. The second-order valence-electron chi connectivity index (χ2n) is 13.5. The van der Waals surface area contributed by atoms with Crippen molar-refractivity contribution >= 4 is 21.8 Å². The molecule has 6 aromatic carbocycles. The Morgan fingerprint density at radius 3 is 2.04 bits per heavy atom. The third-order valence-corrected chi connectivity index (χ3v) is 9.46. The first kappa shape index (κ1) is 36.5. The molecule has 3 heterocycles. The summed E-state index contributed by atoms with van der Waals surface area (Å²) in [6.07, 6.45) is 5.64. The number of pyridine rings is 1. The molecule has 8 heteroatoms. The summed E-state index contributed by atoms with van der Waals surface area (Å²) in [6, 6.07) is 53.6. The Hall–Kier alpha value is -6.43. The van der Waals surface area contributed by atoms with Crippen LogP contribution >= 0.6 is 0 Å². The van der Waals surface area contributed by atoms with Crippen LogP contribution in [0.25, 0.3) is 44.4 Å². The van der Waals surface area contributed by atoms with Crippen molar-refractivity contribution in [2.75, 3.05) is 0 Å². The van der Waals surface area contributed by atoms with Gasteiger partial charge in [-0.05, 0) is 65.0 Å². The summed E-state index contributed by atoms with van der Waals surface area (Å²) in [5, 5.41) is 6.99. The molecule has 0 saturated carbocycles. The summed E-state index contributed by atoms with van der Waals surface area (Å²) in [5.74, 6) is 3.37. The molecule has 9 rings (SSSR count). The minimum Gasteiger partial charge on any atom is -0.509 e. The molecule has 7 nitrogen and oxygen atoms in total. The van der Waals surface area contributed by atoms with Crippen molar-refractivity contribution in [3.63, 3.8) is 0 Å². The van der Waals surface area contributed by atoms with Crippen LogP contribution in [0.5, 0.6) is 23.0 Å². The quantitative estimate of drug-likeness (QED) is 0.121. The molecule has 276 valence electrons. The van der Waals surface area contributed by atoms with Crippen molar-refractivity contribution < 1.29 is 35.3 Å². The number of nitrogens with zero attached hydrogens (tertiary/aromatic N) is 4. The van der Waals surface area contributed by atoms with E-state index in [2.05, 4.69) is 78.2 Å². The first-order chi connectivity index (χ1) is 27.1. The van der Waals surface area contributed by atoms with Gasteiger partial charge in [0.05, 0.1) is 11.8 Å². The fraction of sp³-hybridized carbons (Fsp3) is 0.0833. The van der Waals surface area contributed by atoms with E-state index in [-0.39, 0.29) is 21.1 Å². The number of aryl methyl sites for hydroxylation is 2. The van der Waals surface area contributed by atoms with E-state index in [1.807, 2.05) is 110 Å². The van der Waals surface area contributed by atoms with E-state index in [0.29, 0.717) is 36.2 Å². The van der Waals surface area contributed by atoms with Crippen molar-refractivity contribution in [1.29, 1.82) is 0 Å². The molecule has 9 aromatic rings. The molecule has 0 aliphatic rings. The van der Waals surface area contributed by atoms with E-state index in [1.54, 1.807) is 4.68 Å². The van der Waals surface area contributed by atoms with Crippen LogP contribution in [0, 0.1) is 26.0 Å². The summed E-state index contributed by atoms with van der Waals surface area (Å²) in [5.41, 5.74) is 8.63. The van der Waals surface area contributed by atoms with Gasteiger partial charge in [0.2, 0.25) is 0 Å². The molecule has 3 aromatic heterocycles. The van der Waals surface area contributed by atoms with Gasteiger partial charge in [0.15, 0.2) is 0 Å². The van der Waals surface area contributed by atoms with Crippen LogP contribution in [-0.4, -0.2) is 19.3 Å². The van der Waals surface area contributed by atoms with Crippen molar-refractivity contribution in [3.05, 3.63) is 193 Å². The predicted molar refractivity (Wildman–Crippen MR) is 216 cm³/mol. The third kappa shape index (κ3) is 7.59. The normalized spacial score (nSPS) is 11.0. The van der Waals surface area contributed by atoms with Gasteiger partial charge in [-0.2, -0.15) is 16.7 Å². The van der Waals surface area contributed by atoms with Crippen molar-refractivity contribution in [2.24, 2.45) is 0 Å². The number of ether oxygens (including phenoxy) is 3. The predicted octanol–water partition coefficient (Wildman–Crippen LogP) is 11.2. The van der Waals surface area contributed by atoms with Gasteiger partial charge in [-0.25, -0.2) is 4.98 Å². The minimum atomic E-state index is 0. The van der Waals surface area contributed by atoms with Crippen LogP contribution in [0.15, 0.2) is 158 Å². The van der Waals surface area contributed by atoms with Crippen LogP contribution in [0.4, 0.5) is 0 Å². The Bertz CT molecular complexity index is 2720. The van der Waals surface area contributed by atoms with E-state index < -0.39 is 0 Å². The van der Waals surface area contributed by atoms with Crippen LogP contribution in [-0.2, 0) is 34.3 Å². The second-order valence-corrected chi connectivity index (χ2v) is 13.5. The number of para-hydroxylation sites is 1. The van der Waals surface area contributed by atoms with Crippen molar-refractivity contribution in [1.82, 2.24) is 19.3 Å². The molecular formula is C48H36N4O3Pt. The summed E-state index contributed by atoms with van der Waals surface area (Å²) >= 11 is 0. The third-order valence-electron chi connectivity index (χ3n) is 9.46. The van der Waals surface area contributed by atoms with Crippen molar-refractivity contribution in [2.45, 2.75) is 27.1 Å². The molecule has 0 bridgehead atoms. The maximum atomic E-state index is 6.49. The van der Waals surface area contributed by atoms with E-state index in [9.17, 15) is 0 Å². The van der Waals surface area contributed by atoms with Gasteiger partial charge in [-0.1, -0.05) is 97.4 Å². The first-order valence-electron chi connectivity index (χ1n) is 18.2. The smallest absolute Gasteiger partial charge is 0.509 e. The van der Waals surface area contributed by atoms with Gasteiger partial charge in [0.25, 0.3) is 0 Å². The summed E-state index contributed by atoms with van der Waals surface area (Å²) in [7, 11) is 0. The van der Waals surface area contributed by atoms with Crippen LogP contribution < -0.4 is 14.2 Å². The molecule has 0 spiro atoms. The van der Waals surface area contributed by atoms with E-state index in [4.69, 9.17) is 24.3 Å². The Morgan fingerprint density at radius 1 is 0.625 bits per heavy atom. The molecule has 0 atom stereocenters. The van der Waals surface area contributed by atoms with Crippen LogP contribution in [0.3, 0.4) is 0 Å². The van der Waals surface area contributed by atoms with E-state index in [0.717, 1.165) is 66.7 Å². The van der Waals surface area contributed by atoms with E-state index >= 15 is 0 Å².